The summed E-state index contributed by atoms with van der Waals surface area (Å²) in [6.45, 7) is 9.22. The van der Waals surface area contributed by atoms with Crippen LogP contribution in [0.5, 0.6) is 0 Å². The first-order chi connectivity index (χ1) is 4.48. The van der Waals surface area contributed by atoms with E-state index in [9.17, 15) is 0 Å². The Morgan fingerprint density at radius 2 is 1.80 bits per heavy atom. The van der Waals surface area contributed by atoms with Gasteiger partial charge >= 0.3 is 0 Å². The predicted octanol–water partition coefficient (Wildman–Crippen LogP) is 3.66. The normalized spacial score (nSPS) is 15.3. The molecule has 0 aromatic rings. The summed E-state index contributed by atoms with van der Waals surface area (Å²) >= 11 is 6.20. The second-order valence-corrected chi connectivity index (χ2v) is 10.3. The van der Waals surface area contributed by atoms with E-state index in [1.165, 1.54) is 19.3 Å². The standard InChI is InChI=1S/C8H19ClSi/c1-5-6-7-8(9)10(2,3)4/h8H,5-7H2,1-4H3. The zero-order chi connectivity index (χ0) is 8.20. The molecule has 0 spiro atoms. The fraction of sp³-hybridized carbons (Fsp3) is 1.00. The summed E-state index contributed by atoms with van der Waals surface area (Å²) < 4.78 is 0. The number of unbranched alkanes of at least 4 members (excludes halogenated alkanes) is 1. The minimum atomic E-state index is -1.03. The molecule has 1 unspecified atom stereocenters. The molecule has 0 rings (SSSR count). The smallest absolute Gasteiger partial charge is 0.0648 e. The first-order valence-corrected chi connectivity index (χ1v) is 8.14. The molecule has 62 valence electrons. The van der Waals surface area contributed by atoms with Crippen LogP contribution in [0, 0.1) is 0 Å². The van der Waals surface area contributed by atoms with E-state index >= 15 is 0 Å². The van der Waals surface area contributed by atoms with E-state index in [0.717, 1.165) is 0 Å². The average Bonchev–Trinajstić information content (AvgIpc) is 1.80. The maximum atomic E-state index is 6.20. The number of hydrogen-bond donors (Lipinski definition) is 0. The lowest BCUT2D eigenvalue weighted by Crippen LogP contribution is -2.33. The Hall–Kier alpha value is 0.507. The maximum absolute atomic E-state index is 6.20. The zero-order valence-electron chi connectivity index (χ0n) is 7.58. The summed E-state index contributed by atoms with van der Waals surface area (Å²) in [6.07, 6.45) is 3.78. The van der Waals surface area contributed by atoms with Gasteiger partial charge in [-0.3, -0.25) is 0 Å². The molecular weight excluding hydrogens is 160 g/mol. The van der Waals surface area contributed by atoms with Crippen LogP contribution in [0.25, 0.3) is 0 Å². The van der Waals surface area contributed by atoms with Gasteiger partial charge in [0.1, 0.15) is 0 Å². The Morgan fingerprint density at radius 3 is 2.10 bits per heavy atom. The summed E-state index contributed by atoms with van der Waals surface area (Å²) in [7, 11) is -1.03. The van der Waals surface area contributed by atoms with E-state index in [-0.39, 0.29) is 0 Å². The Labute approximate surface area is 71.0 Å². The molecule has 0 N–H and O–H groups in total. The van der Waals surface area contributed by atoms with Crippen molar-refractivity contribution in [3.63, 3.8) is 0 Å². The van der Waals surface area contributed by atoms with E-state index in [4.69, 9.17) is 11.6 Å². The van der Waals surface area contributed by atoms with Gasteiger partial charge < -0.3 is 0 Å². The van der Waals surface area contributed by atoms with Crippen LogP contribution in [-0.2, 0) is 0 Å². The van der Waals surface area contributed by atoms with Crippen molar-refractivity contribution >= 4 is 19.7 Å². The zero-order valence-corrected chi connectivity index (χ0v) is 9.33. The van der Waals surface area contributed by atoms with Gasteiger partial charge in [-0.15, -0.1) is 11.6 Å². The molecule has 10 heavy (non-hydrogen) atoms. The quantitative estimate of drug-likeness (QED) is 0.456. The molecule has 0 amide bonds. The van der Waals surface area contributed by atoms with Gasteiger partial charge in [-0.1, -0.05) is 39.4 Å². The highest BCUT2D eigenvalue weighted by Crippen LogP contribution is 2.19. The van der Waals surface area contributed by atoms with E-state index in [2.05, 4.69) is 26.6 Å². The van der Waals surface area contributed by atoms with Crippen molar-refractivity contribution in [2.24, 2.45) is 0 Å². The minimum absolute atomic E-state index is 0.479. The Bertz CT molecular complexity index is 85.7. The lowest BCUT2D eigenvalue weighted by atomic mass is 10.3. The second-order valence-electron chi connectivity index (χ2n) is 3.98. The first kappa shape index (κ1) is 10.5. The van der Waals surface area contributed by atoms with Crippen LogP contribution >= 0.6 is 11.6 Å². The van der Waals surface area contributed by atoms with Gasteiger partial charge in [0.25, 0.3) is 0 Å². The van der Waals surface area contributed by atoms with Crippen LogP contribution in [0.3, 0.4) is 0 Å². The summed E-state index contributed by atoms with van der Waals surface area (Å²) in [5.74, 6) is 0. The van der Waals surface area contributed by atoms with Crippen LogP contribution in [0.2, 0.25) is 19.6 Å². The summed E-state index contributed by atoms with van der Waals surface area (Å²) in [5.41, 5.74) is 0. The largest absolute Gasteiger partial charge is 0.127 e. The van der Waals surface area contributed by atoms with Crippen LogP contribution < -0.4 is 0 Å². The predicted molar refractivity (Wildman–Crippen MR) is 52.5 cm³/mol. The molecule has 0 aliphatic heterocycles. The van der Waals surface area contributed by atoms with Crippen molar-refractivity contribution in [3.8, 4) is 0 Å². The number of halogens is 1. The van der Waals surface area contributed by atoms with Gasteiger partial charge in [0.15, 0.2) is 0 Å². The number of hydrogen-bond acceptors (Lipinski definition) is 0. The molecule has 0 fully saturated rings. The molecule has 0 saturated carbocycles. The molecule has 0 radical (unpaired) electrons. The summed E-state index contributed by atoms with van der Waals surface area (Å²) in [4.78, 5) is 0. The van der Waals surface area contributed by atoms with Crippen molar-refractivity contribution in [1.82, 2.24) is 0 Å². The van der Waals surface area contributed by atoms with Crippen molar-refractivity contribution in [2.75, 3.05) is 0 Å². The molecular formula is C8H19ClSi. The molecule has 0 aliphatic carbocycles. The van der Waals surface area contributed by atoms with Gasteiger partial charge in [-0.25, -0.2) is 0 Å². The molecule has 0 heterocycles. The first-order valence-electron chi connectivity index (χ1n) is 4.12. The Balaban J connectivity index is 3.52. The summed E-state index contributed by atoms with van der Waals surface area (Å²) in [5, 5.41) is 0.479. The third-order valence-electron chi connectivity index (χ3n) is 1.75. The molecule has 0 nitrogen and oxygen atoms in total. The van der Waals surface area contributed by atoms with Crippen molar-refractivity contribution in [3.05, 3.63) is 0 Å². The average molecular weight is 179 g/mol. The van der Waals surface area contributed by atoms with Gasteiger partial charge in [0, 0.05) is 5.00 Å². The van der Waals surface area contributed by atoms with Gasteiger partial charge in [0.2, 0.25) is 0 Å². The van der Waals surface area contributed by atoms with Crippen LogP contribution in [-0.4, -0.2) is 13.1 Å². The van der Waals surface area contributed by atoms with Crippen molar-refractivity contribution < 1.29 is 0 Å². The lowest BCUT2D eigenvalue weighted by molar-refractivity contribution is 0.746. The third-order valence-corrected chi connectivity index (χ3v) is 6.10. The minimum Gasteiger partial charge on any atom is -0.127 e. The van der Waals surface area contributed by atoms with E-state index in [1.54, 1.807) is 0 Å². The van der Waals surface area contributed by atoms with E-state index in [0.29, 0.717) is 5.00 Å². The monoisotopic (exact) mass is 178 g/mol. The second kappa shape index (κ2) is 4.40. The number of alkyl halides is 1. The molecule has 0 aromatic carbocycles. The van der Waals surface area contributed by atoms with Gasteiger partial charge in [-0.2, -0.15) is 0 Å². The molecule has 1 atom stereocenters. The number of rotatable bonds is 4. The van der Waals surface area contributed by atoms with Crippen molar-refractivity contribution in [2.45, 2.75) is 50.8 Å². The van der Waals surface area contributed by atoms with Gasteiger partial charge in [-0.05, 0) is 6.42 Å². The van der Waals surface area contributed by atoms with Crippen LogP contribution in [0.15, 0.2) is 0 Å². The SMILES string of the molecule is CCCCC(Cl)[Si](C)(C)C. The molecule has 0 saturated heterocycles. The van der Waals surface area contributed by atoms with Crippen LogP contribution in [0.1, 0.15) is 26.2 Å². The highest BCUT2D eigenvalue weighted by Gasteiger charge is 2.23. The van der Waals surface area contributed by atoms with Crippen molar-refractivity contribution in [1.29, 1.82) is 0 Å². The Morgan fingerprint density at radius 1 is 1.30 bits per heavy atom. The topological polar surface area (TPSA) is 0 Å². The molecule has 0 aromatic heterocycles. The highest BCUT2D eigenvalue weighted by molar-refractivity contribution is 6.83. The fourth-order valence-electron chi connectivity index (χ4n) is 0.816. The van der Waals surface area contributed by atoms with E-state index in [1.807, 2.05) is 0 Å². The maximum Gasteiger partial charge on any atom is 0.0648 e. The summed E-state index contributed by atoms with van der Waals surface area (Å²) in [6, 6.07) is 0. The molecule has 0 aliphatic rings. The lowest BCUT2D eigenvalue weighted by Gasteiger charge is -2.22. The molecule has 0 bridgehead atoms. The highest BCUT2D eigenvalue weighted by atomic mass is 35.5. The fourth-order valence-corrected chi connectivity index (χ4v) is 2.04. The van der Waals surface area contributed by atoms with Crippen LogP contribution in [0.4, 0.5) is 0 Å². The third kappa shape index (κ3) is 4.34. The van der Waals surface area contributed by atoms with Gasteiger partial charge in [0.05, 0.1) is 8.07 Å². The Kier molecular flexibility index (Phi) is 4.62. The molecule has 2 heteroatoms. The van der Waals surface area contributed by atoms with E-state index < -0.39 is 8.07 Å².